The standard InChI is InChI=1S/C26H30N2O5S/c1-18(2)28-34(30,31)24-15-9-21(10-16-24)26(29)27-25(20-7-13-23(33-4)14-8-20)17-19-5-11-22(32-3)12-6-19/h5-16,18,25,28H,17H2,1-4H3,(H,27,29). The van der Waals surface area contributed by atoms with E-state index in [9.17, 15) is 13.2 Å². The molecule has 34 heavy (non-hydrogen) atoms. The molecule has 0 fully saturated rings. The molecular formula is C26H30N2O5S. The molecular weight excluding hydrogens is 452 g/mol. The summed E-state index contributed by atoms with van der Waals surface area (Å²) in [6.45, 7) is 3.50. The van der Waals surface area contributed by atoms with E-state index in [1.807, 2.05) is 48.5 Å². The molecule has 8 heteroatoms. The first-order valence-corrected chi connectivity index (χ1v) is 12.4. The van der Waals surface area contributed by atoms with E-state index in [1.54, 1.807) is 28.1 Å². The minimum absolute atomic E-state index is 0.114. The third kappa shape index (κ3) is 6.59. The average Bonchev–Trinajstić information content (AvgIpc) is 2.83. The van der Waals surface area contributed by atoms with Crippen molar-refractivity contribution >= 4 is 15.9 Å². The topological polar surface area (TPSA) is 93.7 Å². The number of benzene rings is 3. The van der Waals surface area contributed by atoms with Crippen molar-refractivity contribution in [1.29, 1.82) is 0 Å². The second kappa shape index (κ2) is 11.2. The molecule has 0 heterocycles. The number of rotatable bonds is 10. The molecule has 0 aliphatic carbocycles. The van der Waals surface area contributed by atoms with Gasteiger partial charge >= 0.3 is 0 Å². The van der Waals surface area contributed by atoms with Gasteiger partial charge in [0.2, 0.25) is 10.0 Å². The van der Waals surface area contributed by atoms with Crippen LogP contribution in [-0.2, 0) is 16.4 Å². The summed E-state index contributed by atoms with van der Waals surface area (Å²) in [4.78, 5) is 13.2. The maximum atomic E-state index is 13.1. The lowest BCUT2D eigenvalue weighted by molar-refractivity contribution is 0.0936. The van der Waals surface area contributed by atoms with Crippen LogP contribution in [0.5, 0.6) is 11.5 Å². The van der Waals surface area contributed by atoms with Gasteiger partial charge < -0.3 is 14.8 Å². The molecule has 2 N–H and O–H groups in total. The number of methoxy groups -OCH3 is 2. The highest BCUT2D eigenvalue weighted by atomic mass is 32.2. The van der Waals surface area contributed by atoms with Crippen LogP contribution >= 0.6 is 0 Å². The lowest BCUT2D eigenvalue weighted by atomic mass is 9.98. The number of ether oxygens (including phenoxy) is 2. The molecule has 3 rings (SSSR count). The number of carbonyl (C=O) groups is 1. The van der Waals surface area contributed by atoms with E-state index < -0.39 is 10.0 Å². The first-order valence-electron chi connectivity index (χ1n) is 10.9. The van der Waals surface area contributed by atoms with Gasteiger partial charge in [0.15, 0.2) is 0 Å². The molecule has 0 aromatic heterocycles. The van der Waals surface area contributed by atoms with Crippen LogP contribution in [0, 0.1) is 0 Å². The van der Waals surface area contributed by atoms with Crippen LogP contribution in [-0.4, -0.2) is 34.6 Å². The Bertz CT molecular complexity index is 1190. The molecule has 0 aliphatic rings. The van der Waals surface area contributed by atoms with E-state index in [0.29, 0.717) is 12.0 Å². The summed E-state index contributed by atoms with van der Waals surface area (Å²) in [5, 5.41) is 3.08. The molecule has 0 bridgehead atoms. The van der Waals surface area contributed by atoms with E-state index in [-0.39, 0.29) is 22.9 Å². The highest BCUT2D eigenvalue weighted by molar-refractivity contribution is 7.89. The molecule has 180 valence electrons. The molecule has 1 unspecified atom stereocenters. The summed E-state index contributed by atoms with van der Waals surface area (Å²) in [5.74, 6) is 1.19. The quantitative estimate of drug-likeness (QED) is 0.454. The zero-order chi connectivity index (χ0) is 24.7. The molecule has 1 atom stereocenters. The van der Waals surface area contributed by atoms with E-state index in [1.165, 1.54) is 24.3 Å². The molecule has 0 radical (unpaired) electrons. The van der Waals surface area contributed by atoms with Gasteiger partial charge in [-0.25, -0.2) is 13.1 Å². The molecule has 7 nitrogen and oxygen atoms in total. The molecule has 3 aromatic rings. The van der Waals surface area contributed by atoms with Crippen molar-refractivity contribution < 1.29 is 22.7 Å². The summed E-state index contributed by atoms with van der Waals surface area (Å²) < 4.78 is 37.7. The monoisotopic (exact) mass is 482 g/mol. The smallest absolute Gasteiger partial charge is 0.251 e. The van der Waals surface area contributed by atoms with E-state index in [4.69, 9.17) is 9.47 Å². The van der Waals surface area contributed by atoms with Crippen molar-refractivity contribution in [3.05, 3.63) is 89.5 Å². The summed E-state index contributed by atoms with van der Waals surface area (Å²) in [5.41, 5.74) is 2.32. The van der Waals surface area contributed by atoms with Crippen LogP contribution in [0.25, 0.3) is 0 Å². The van der Waals surface area contributed by atoms with Crippen molar-refractivity contribution in [3.63, 3.8) is 0 Å². The second-order valence-corrected chi connectivity index (χ2v) is 9.87. The van der Waals surface area contributed by atoms with Crippen molar-refractivity contribution in [2.24, 2.45) is 0 Å². The number of sulfonamides is 1. The number of hydrogen-bond donors (Lipinski definition) is 2. The minimum atomic E-state index is -3.62. The van der Waals surface area contributed by atoms with Crippen LogP contribution in [0.2, 0.25) is 0 Å². The molecule has 0 aliphatic heterocycles. The Morgan fingerprint density at radius 2 is 1.35 bits per heavy atom. The summed E-state index contributed by atoms with van der Waals surface area (Å²) in [6, 6.07) is 20.6. The van der Waals surface area contributed by atoms with Crippen molar-refractivity contribution in [3.8, 4) is 11.5 Å². The number of hydrogen-bond acceptors (Lipinski definition) is 5. The van der Waals surface area contributed by atoms with Crippen molar-refractivity contribution in [1.82, 2.24) is 10.0 Å². The third-order valence-electron chi connectivity index (χ3n) is 5.24. The van der Waals surface area contributed by atoms with Gasteiger partial charge in [-0.05, 0) is 79.9 Å². The normalized spacial score (nSPS) is 12.3. The third-order valence-corrected chi connectivity index (χ3v) is 6.91. The summed E-state index contributed by atoms with van der Waals surface area (Å²) in [6.07, 6.45) is 0.562. The fourth-order valence-corrected chi connectivity index (χ4v) is 4.74. The highest BCUT2D eigenvalue weighted by Gasteiger charge is 2.19. The first kappa shape index (κ1) is 25.3. The Hall–Kier alpha value is -3.36. The Balaban J connectivity index is 1.82. The fourth-order valence-electron chi connectivity index (χ4n) is 3.49. The van der Waals surface area contributed by atoms with Crippen molar-refractivity contribution in [2.75, 3.05) is 14.2 Å². The zero-order valence-corrected chi connectivity index (χ0v) is 20.6. The van der Waals surface area contributed by atoms with Crippen LogP contribution in [0.15, 0.2) is 77.7 Å². The van der Waals surface area contributed by atoms with Crippen LogP contribution in [0.4, 0.5) is 0 Å². The van der Waals surface area contributed by atoms with Gasteiger partial charge in [0.1, 0.15) is 11.5 Å². The van der Waals surface area contributed by atoms with Gasteiger partial charge in [-0.2, -0.15) is 0 Å². The van der Waals surface area contributed by atoms with Gasteiger partial charge in [0.05, 0.1) is 25.2 Å². The largest absolute Gasteiger partial charge is 0.497 e. The highest BCUT2D eigenvalue weighted by Crippen LogP contribution is 2.23. The predicted molar refractivity (Wildman–Crippen MR) is 132 cm³/mol. The molecule has 3 aromatic carbocycles. The van der Waals surface area contributed by atoms with Gasteiger partial charge in [-0.15, -0.1) is 0 Å². The lowest BCUT2D eigenvalue weighted by Crippen LogP contribution is -2.31. The number of nitrogens with one attached hydrogen (secondary N) is 2. The zero-order valence-electron chi connectivity index (χ0n) is 19.7. The SMILES string of the molecule is COc1ccc(CC(NC(=O)c2ccc(S(=O)(=O)NC(C)C)cc2)c2ccc(OC)cc2)cc1. The Kier molecular flexibility index (Phi) is 8.31. The van der Waals surface area contributed by atoms with Crippen LogP contribution in [0.1, 0.15) is 41.4 Å². The van der Waals surface area contributed by atoms with Gasteiger partial charge in [-0.3, -0.25) is 4.79 Å². The van der Waals surface area contributed by atoms with Crippen LogP contribution < -0.4 is 19.5 Å². The van der Waals surface area contributed by atoms with Gasteiger partial charge in [0, 0.05) is 11.6 Å². The van der Waals surface area contributed by atoms with Gasteiger partial charge in [-0.1, -0.05) is 24.3 Å². The van der Waals surface area contributed by atoms with Crippen LogP contribution in [0.3, 0.4) is 0 Å². The van der Waals surface area contributed by atoms with Gasteiger partial charge in [0.25, 0.3) is 5.91 Å². The first-order chi connectivity index (χ1) is 16.2. The Morgan fingerprint density at radius 3 is 1.85 bits per heavy atom. The molecule has 0 saturated heterocycles. The average molecular weight is 483 g/mol. The van der Waals surface area contributed by atoms with E-state index in [0.717, 1.165) is 22.6 Å². The number of amides is 1. The summed E-state index contributed by atoms with van der Waals surface area (Å²) in [7, 11) is -0.406. The molecule has 1 amide bonds. The fraction of sp³-hybridized carbons (Fsp3) is 0.269. The van der Waals surface area contributed by atoms with E-state index >= 15 is 0 Å². The maximum absolute atomic E-state index is 13.1. The second-order valence-electron chi connectivity index (χ2n) is 8.15. The minimum Gasteiger partial charge on any atom is -0.497 e. The number of carbonyl (C=O) groups excluding carboxylic acids is 1. The van der Waals surface area contributed by atoms with E-state index in [2.05, 4.69) is 10.0 Å². The Morgan fingerprint density at radius 1 is 0.824 bits per heavy atom. The predicted octanol–water partition coefficient (Wildman–Crippen LogP) is 4.10. The molecule has 0 saturated carbocycles. The lowest BCUT2D eigenvalue weighted by Gasteiger charge is -2.20. The molecule has 0 spiro atoms. The maximum Gasteiger partial charge on any atom is 0.251 e. The van der Waals surface area contributed by atoms with Crippen molar-refractivity contribution in [2.45, 2.75) is 37.2 Å². The summed E-state index contributed by atoms with van der Waals surface area (Å²) >= 11 is 0. The Labute approximate surface area is 201 Å².